The molecule has 0 bridgehead atoms. The Hall–Kier alpha value is -3.40. The quantitative estimate of drug-likeness (QED) is 0.258. The predicted molar refractivity (Wildman–Crippen MR) is 152 cm³/mol. The van der Waals surface area contributed by atoms with Crippen LogP contribution in [0.25, 0.3) is 21.8 Å². The van der Waals surface area contributed by atoms with E-state index in [1.165, 1.54) is 0 Å². The van der Waals surface area contributed by atoms with Crippen LogP contribution in [0, 0.1) is 18.8 Å². The van der Waals surface area contributed by atoms with Gasteiger partial charge in [-0.15, -0.1) is 0 Å². The lowest BCUT2D eigenvalue weighted by Gasteiger charge is -2.23. The summed E-state index contributed by atoms with van der Waals surface area (Å²) in [6, 6.07) is 5.42. The fraction of sp³-hybridized carbons (Fsp3) is 0.536. The van der Waals surface area contributed by atoms with E-state index in [9.17, 15) is 18.0 Å². The van der Waals surface area contributed by atoms with Gasteiger partial charge in [-0.3, -0.25) is 8.98 Å². The maximum atomic E-state index is 13.8. The van der Waals surface area contributed by atoms with E-state index >= 15 is 0 Å². The number of nitrogens with one attached hydrogen (secondary N) is 1. The molecule has 1 aliphatic heterocycles. The second kappa shape index (κ2) is 12.0. The first-order chi connectivity index (χ1) is 18.8. The van der Waals surface area contributed by atoms with Crippen molar-refractivity contribution in [3.63, 3.8) is 0 Å². The molecule has 1 fully saturated rings. The van der Waals surface area contributed by atoms with E-state index in [0.717, 1.165) is 36.6 Å². The molecule has 3 aromatic rings. The number of carbonyl (C=O) groups excluding carboxylic acids is 1. The summed E-state index contributed by atoms with van der Waals surface area (Å²) in [5.74, 6) is 5.64. The molecule has 4 rings (SSSR count). The van der Waals surface area contributed by atoms with E-state index in [2.05, 4.69) is 17.2 Å². The molecule has 12 heteroatoms. The number of benzene rings is 1. The standard InChI is InChI=1S/C28H36N4O7S/c1-19-24-25(30-32(19)23-11-6-7-16-37-23)21-18-20(10-8-17-38-40(5,35)36)12-13-22(21)31(26(24)33)15-9-14-29-27(34)39-28(2,3)4/h12-13,18,23H,6-7,9,11,14-17H2,1-5H3,(H,29,34). The van der Waals surface area contributed by atoms with E-state index in [1.54, 1.807) is 36.1 Å². The first-order valence-corrected chi connectivity index (χ1v) is 15.1. The van der Waals surface area contributed by atoms with Crippen molar-refractivity contribution in [3.8, 4) is 11.8 Å². The fourth-order valence-corrected chi connectivity index (χ4v) is 4.95. The maximum absolute atomic E-state index is 13.8. The molecule has 1 aliphatic rings. The molecule has 3 heterocycles. The number of pyridine rings is 1. The summed E-state index contributed by atoms with van der Waals surface area (Å²) in [4.78, 5) is 25.9. The van der Waals surface area contributed by atoms with Crippen LogP contribution in [-0.2, 0) is 30.3 Å². The normalized spacial score (nSPS) is 16.1. The Balaban J connectivity index is 1.71. The van der Waals surface area contributed by atoms with Gasteiger partial charge in [0, 0.05) is 30.6 Å². The van der Waals surface area contributed by atoms with Crippen LogP contribution in [0.1, 0.15) is 63.9 Å². The van der Waals surface area contributed by atoms with E-state index < -0.39 is 21.8 Å². The number of ether oxygens (including phenoxy) is 2. The third kappa shape index (κ3) is 7.21. The third-order valence-electron chi connectivity index (χ3n) is 6.38. The van der Waals surface area contributed by atoms with Gasteiger partial charge in [0.15, 0.2) is 0 Å². The fourth-order valence-electron chi connectivity index (χ4n) is 4.68. The summed E-state index contributed by atoms with van der Waals surface area (Å²) in [5, 5.41) is 8.83. The van der Waals surface area contributed by atoms with Crippen molar-refractivity contribution in [2.24, 2.45) is 0 Å². The summed E-state index contributed by atoms with van der Waals surface area (Å²) in [5.41, 5.74) is 1.84. The Morgan fingerprint density at radius 3 is 2.73 bits per heavy atom. The Labute approximate surface area is 233 Å². The van der Waals surface area contributed by atoms with Crippen molar-refractivity contribution in [2.75, 3.05) is 26.0 Å². The molecule has 0 spiro atoms. The molecule has 0 saturated carbocycles. The largest absolute Gasteiger partial charge is 0.444 e. The van der Waals surface area contributed by atoms with Gasteiger partial charge in [-0.05, 0) is 71.6 Å². The highest BCUT2D eigenvalue weighted by atomic mass is 32.2. The van der Waals surface area contributed by atoms with Crippen molar-refractivity contribution in [1.29, 1.82) is 0 Å². The van der Waals surface area contributed by atoms with Gasteiger partial charge >= 0.3 is 6.09 Å². The van der Waals surface area contributed by atoms with Crippen molar-refractivity contribution < 1.29 is 26.9 Å². The number of rotatable bonds is 7. The van der Waals surface area contributed by atoms with E-state index in [-0.39, 0.29) is 18.4 Å². The average molecular weight is 573 g/mol. The highest BCUT2D eigenvalue weighted by Crippen LogP contribution is 2.30. The number of alkyl carbamates (subject to hydrolysis) is 1. The second-order valence-electron chi connectivity index (χ2n) is 10.8. The molecule has 2 aromatic heterocycles. The number of amides is 1. The molecule has 216 valence electrons. The summed E-state index contributed by atoms with van der Waals surface area (Å²) in [6.07, 6.45) is 3.56. The van der Waals surface area contributed by atoms with Gasteiger partial charge in [-0.1, -0.05) is 11.8 Å². The van der Waals surface area contributed by atoms with Crippen LogP contribution in [0.3, 0.4) is 0 Å². The highest BCUT2D eigenvalue weighted by Gasteiger charge is 2.24. The molecule has 1 aromatic carbocycles. The highest BCUT2D eigenvalue weighted by molar-refractivity contribution is 7.86. The zero-order valence-electron chi connectivity index (χ0n) is 23.6. The molecule has 11 nitrogen and oxygen atoms in total. The van der Waals surface area contributed by atoms with E-state index in [0.29, 0.717) is 48.1 Å². The minimum atomic E-state index is -3.59. The maximum Gasteiger partial charge on any atom is 0.407 e. The average Bonchev–Trinajstić information content (AvgIpc) is 3.22. The van der Waals surface area contributed by atoms with Crippen LogP contribution in [0.5, 0.6) is 0 Å². The van der Waals surface area contributed by atoms with Crippen LogP contribution in [0.2, 0.25) is 0 Å². The summed E-state index contributed by atoms with van der Waals surface area (Å²) < 4.78 is 41.9. The molecular formula is C28H36N4O7S. The van der Waals surface area contributed by atoms with Crippen molar-refractivity contribution in [1.82, 2.24) is 19.7 Å². The van der Waals surface area contributed by atoms with Gasteiger partial charge < -0.3 is 19.4 Å². The molecule has 0 aliphatic carbocycles. The number of hydrogen-bond acceptors (Lipinski definition) is 8. The molecule has 40 heavy (non-hydrogen) atoms. The zero-order chi connectivity index (χ0) is 29.1. The molecule has 1 atom stereocenters. The summed E-state index contributed by atoms with van der Waals surface area (Å²) >= 11 is 0. The van der Waals surface area contributed by atoms with Crippen LogP contribution in [0.15, 0.2) is 23.0 Å². The number of nitrogens with zero attached hydrogens (tertiary/aromatic N) is 3. The van der Waals surface area contributed by atoms with E-state index in [4.69, 9.17) is 18.8 Å². The first-order valence-electron chi connectivity index (χ1n) is 13.3. The molecule has 1 saturated heterocycles. The Morgan fingerprint density at radius 2 is 2.05 bits per heavy atom. The van der Waals surface area contributed by atoms with Crippen LogP contribution in [-0.4, -0.2) is 60.5 Å². The van der Waals surface area contributed by atoms with Crippen molar-refractivity contribution in [3.05, 3.63) is 39.8 Å². The second-order valence-corrected chi connectivity index (χ2v) is 12.5. The molecule has 1 amide bonds. The Bertz CT molecular complexity index is 1630. The zero-order valence-corrected chi connectivity index (χ0v) is 24.4. The number of fused-ring (bicyclic) bond motifs is 3. The lowest BCUT2D eigenvalue weighted by atomic mass is 10.1. The first kappa shape index (κ1) is 29.6. The van der Waals surface area contributed by atoms with Gasteiger partial charge in [0.05, 0.1) is 22.9 Å². The molecule has 1 N–H and O–H groups in total. The van der Waals surface area contributed by atoms with Crippen molar-refractivity contribution in [2.45, 2.75) is 71.8 Å². The monoisotopic (exact) mass is 572 g/mol. The summed E-state index contributed by atoms with van der Waals surface area (Å²) in [7, 11) is -3.59. The third-order valence-corrected chi connectivity index (χ3v) is 6.93. The van der Waals surface area contributed by atoms with Gasteiger partial charge in [0.1, 0.15) is 24.0 Å². The minimum absolute atomic E-state index is 0.167. The number of hydrogen-bond donors (Lipinski definition) is 1. The summed E-state index contributed by atoms with van der Waals surface area (Å²) in [6.45, 7) is 8.34. The Kier molecular flexibility index (Phi) is 8.87. The SMILES string of the molecule is Cc1c2c(=O)n(CCCNC(=O)OC(C)(C)C)c3ccc(C#CCOS(C)(=O)=O)cc3c2nn1C1CCCCO1. The number of aromatic nitrogens is 3. The van der Waals surface area contributed by atoms with E-state index in [1.807, 2.05) is 19.1 Å². The number of aryl methyl sites for hydroxylation is 2. The molecule has 1 unspecified atom stereocenters. The topological polar surface area (TPSA) is 131 Å². The smallest absolute Gasteiger partial charge is 0.407 e. The number of carbonyl (C=O) groups is 1. The Morgan fingerprint density at radius 1 is 1.27 bits per heavy atom. The van der Waals surface area contributed by atoms with Crippen molar-refractivity contribution >= 4 is 38.0 Å². The molecule has 0 radical (unpaired) electrons. The van der Waals surface area contributed by atoms with Gasteiger partial charge in [-0.25, -0.2) is 9.48 Å². The van der Waals surface area contributed by atoms with Gasteiger partial charge in [-0.2, -0.15) is 13.5 Å². The van der Waals surface area contributed by atoms with Crippen LogP contribution >= 0.6 is 0 Å². The van der Waals surface area contributed by atoms with Crippen LogP contribution < -0.4 is 10.9 Å². The van der Waals surface area contributed by atoms with Gasteiger partial charge in [0.2, 0.25) is 0 Å². The minimum Gasteiger partial charge on any atom is -0.444 e. The lowest BCUT2D eigenvalue weighted by molar-refractivity contribution is -0.0402. The van der Waals surface area contributed by atoms with Gasteiger partial charge in [0.25, 0.3) is 15.7 Å². The predicted octanol–water partition coefficient (Wildman–Crippen LogP) is 3.60. The molecular weight excluding hydrogens is 536 g/mol. The lowest BCUT2D eigenvalue weighted by Crippen LogP contribution is -2.33. The van der Waals surface area contributed by atoms with Crippen LogP contribution in [0.4, 0.5) is 4.79 Å².